The molecule has 0 spiro atoms. The van der Waals surface area contributed by atoms with Gasteiger partial charge in [0.05, 0.1) is 12.7 Å². The van der Waals surface area contributed by atoms with Gasteiger partial charge in [-0.1, -0.05) is 13.8 Å². The molecule has 0 aromatic rings. The van der Waals surface area contributed by atoms with Crippen molar-refractivity contribution in [1.82, 2.24) is 10.2 Å². The second kappa shape index (κ2) is 10.0. The number of methoxy groups -OCH3 is 1. The van der Waals surface area contributed by atoms with Gasteiger partial charge >= 0.3 is 0 Å². The minimum atomic E-state index is -0.303. The van der Waals surface area contributed by atoms with E-state index in [0.29, 0.717) is 12.6 Å². The molecule has 0 aliphatic rings. The van der Waals surface area contributed by atoms with Gasteiger partial charge in [0.1, 0.15) is 0 Å². The Morgan fingerprint density at radius 1 is 1.31 bits per heavy atom. The molecule has 0 aliphatic heterocycles. The van der Waals surface area contributed by atoms with Crippen molar-refractivity contribution in [3.05, 3.63) is 0 Å². The highest BCUT2D eigenvalue weighted by atomic mass is 16.5. The van der Waals surface area contributed by atoms with Crippen LogP contribution in [0.3, 0.4) is 0 Å². The minimum Gasteiger partial charge on any atom is -0.390 e. The van der Waals surface area contributed by atoms with E-state index in [0.717, 1.165) is 32.5 Å². The van der Waals surface area contributed by atoms with Crippen molar-refractivity contribution in [2.24, 2.45) is 0 Å². The van der Waals surface area contributed by atoms with Gasteiger partial charge in [-0.05, 0) is 19.9 Å². The molecule has 0 saturated heterocycles. The second-order valence-electron chi connectivity index (χ2n) is 4.17. The molecule has 4 nitrogen and oxygen atoms in total. The predicted molar refractivity (Wildman–Crippen MR) is 67.8 cm³/mol. The summed E-state index contributed by atoms with van der Waals surface area (Å²) in [6.45, 7) is 7.36. The summed E-state index contributed by atoms with van der Waals surface area (Å²) in [7, 11) is 3.58. The fraction of sp³-hybridized carbons (Fsp3) is 1.00. The number of rotatable bonds is 10. The van der Waals surface area contributed by atoms with Crippen molar-refractivity contribution >= 4 is 0 Å². The van der Waals surface area contributed by atoms with Gasteiger partial charge in [0.2, 0.25) is 0 Å². The standard InChI is InChI=1S/C12H28N2O2/c1-5-11(6-2)14(7-8-16-4)10-12(15)9-13-3/h11-13,15H,5-10H2,1-4H3. The Bertz CT molecular complexity index is 152. The molecule has 0 aromatic carbocycles. The summed E-state index contributed by atoms with van der Waals surface area (Å²) in [6.07, 6.45) is 1.93. The maximum absolute atomic E-state index is 9.81. The summed E-state index contributed by atoms with van der Waals surface area (Å²) in [5, 5.41) is 12.8. The number of aliphatic hydroxyl groups is 1. The van der Waals surface area contributed by atoms with Crippen LogP contribution in [-0.2, 0) is 4.74 Å². The van der Waals surface area contributed by atoms with Crippen molar-refractivity contribution in [3.63, 3.8) is 0 Å². The van der Waals surface area contributed by atoms with E-state index in [1.54, 1.807) is 7.11 Å². The maximum Gasteiger partial charge on any atom is 0.0791 e. The predicted octanol–water partition coefficient (Wildman–Crippen LogP) is 0.704. The van der Waals surface area contributed by atoms with Gasteiger partial charge in [0.15, 0.2) is 0 Å². The fourth-order valence-corrected chi connectivity index (χ4v) is 2.01. The second-order valence-corrected chi connectivity index (χ2v) is 4.17. The summed E-state index contributed by atoms with van der Waals surface area (Å²) in [6, 6.07) is 0.543. The molecule has 0 fully saturated rings. The molecule has 2 N–H and O–H groups in total. The van der Waals surface area contributed by atoms with Crippen LogP contribution in [0.25, 0.3) is 0 Å². The first-order chi connectivity index (χ1) is 7.69. The van der Waals surface area contributed by atoms with Crippen molar-refractivity contribution in [3.8, 4) is 0 Å². The Morgan fingerprint density at radius 3 is 2.38 bits per heavy atom. The molecule has 0 bridgehead atoms. The number of nitrogens with one attached hydrogen (secondary N) is 1. The molecular weight excluding hydrogens is 204 g/mol. The number of hydrogen-bond acceptors (Lipinski definition) is 4. The number of ether oxygens (including phenoxy) is 1. The molecular formula is C12H28N2O2. The normalized spacial score (nSPS) is 13.7. The number of hydrogen-bond donors (Lipinski definition) is 2. The maximum atomic E-state index is 9.81. The Kier molecular flexibility index (Phi) is 9.92. The van der Waals surface area contributed by atoms with Gasteiger partial charge in [-0.25, -0.2) is 0 Å². The van der Waals surface area contributed by atoms with E-state index in [2.05, 4.69) is 24.1 Å². The minimum absolute atomic E-state index is 0.303. The highest BCUT2D eigenvalue weighted by molar-refractivity contribution is 4.73. The van der Waals surface area contributed by atoms with Crippen LogP contribution in [0, 0.1) is 0 Å². The summed E-state index contributed by atoms with van der Waals surface area (Å²) in [4.78, 5) is 2.32. The number of likely N-dealkylation sites (N-methyl/N-ethyl adjacent to an activating group) is 1. The molecule has 0 saturated carbocycles. The Labute approximate surface area is 100.0 Å². The third-order valence-corrected chi connectivity index (χ3v) is 2.93. The molecule has 16 heavy (non-hydrogen) atoms. The lowest BCUT2D eigenvalue weighted by molar-refractivity contribution is 0.0619. The molecule has 0 radical (unpaired) electrons. The van der Waals surface area contributed by atoms with Crippen LogP contribution in [-0.4, -0.2) is 62.6 Å². The first-order valence-corrected chi connectivity index (χ1v) is 6.25. The van der Waals surface area contributed by atoms with E-state index >= 15 is 0 Å². The van der Waals surface area contributed by atoms with E-state index in [9.17, 15) is 5.11 Å². The van der Waals surface area contributed by atoms with Gasteiger partial charge in [0, 0.05) is 32.8 Å². The highest BCUT2D eigenvalue weighted by Crippen LogP contribution is 2.09. The topological polar surface area (TPSA) is 44.7 Å². The molecule has 4 heteroatoms. The zero-order valence-corrected chi connectivity index (χ0v) is 11.2. The Hall–Kier alpha value is -0.160. The molecule has 0 heterocycles. The van der Waals surface area contributed by atoms with Gasteiger partial charge < -0.3 is 15.2 Å². The van der Waals surface area contributed by atoms with Crippen LogP contribution in [0.5, 0.6) is 0 Å². The van der Waals surface area contributed by atoms with Gasteiger partial charge in [-0.2, -0.15) is 0 Å². The lowest BCUT2D eigenvalue weighted by Gasteiger charge is -2.31. The van der Waals surface area contributed by atoms with Crippen LogP contribution in [0.1, 0.15) is 26.7 Å². The molecule has 0 rings (SSSR count). The van der Waals surface area contributed by atoms with Crippen LogP contribution in [0.2, 0.25) is 0 Å². The van der Waals surface area contributed by atoms with Crippen LogP contribution in [0.15, 0.2) is 0 Å². The molecule has 98 valence electrons. The smallest absolute Gasteiger partial charge is 0.0791 e. The summed E-state index contributed by atoms with van der Waals surface area (Å²) < 4.78 is 5.11. The lowest BCUT2D eigenvalue weighted by Crippen LogP contribution is -2.44. The SMILES string of the molecule is CCC(CC)N(CCOC)CC(O)CNC. The third kappa shape index (κ3) is 6.43. The summed E-state index contributed by atoms with van der Waals surface area (Å²) >= 11 is 0. The zero-order valence-electron chi connectivity index (χ0n) is 11.2. The van der Waals surface area contributed by atoms with Crippen LogP contribution >= 0.6 is 0 Å². The summed E-state index contributed by atoms with van der Waals surface area (Å²) in [5.74, 6) is 0. The molecule has 1 unspecified atom stereocenters. The third-order valence-electron chi connectivity index (χ3n) is 2.93. The monoisotopic (exact) mass is 232 g/mol. The first kappa shape index (κ1) is 15.8. The van der Waals surface area contributed by atoms with E-state index in [-0.39, 0.29) is 6.10 Å². The average molecular weight is 232 g/mol. The Morgan fingerprint density at radius 2 is 1.94 bits per heavy atom. The Balaban J connectivity index is 4.17. The van der Waals surface area contributed by atoms with Gasteiger partial charge in [0.25, 0.3) is 0 Å². The van der Waals surface area contributed by atoms with Crippen molar-refractivity contribution in [2.75, 3.05) is 40.4 Å². The first-order valence-electron chi connectivity index (χ1n) is 6.25. The van der Waals surface area contributed by atoms with Gasteiger partial charge in [-0.15, -0.1) is 0 Å². The fourth-order valence-electron chi connectivity index (χ4n) is 2.01. The largest absolute Gasteiger partial charge is 0.390 e. The van der Waals surface area contributed by atoms with Crippen molar-refractivity contribution in [2.45, 2.75) is 38.8 Å². The zero-order chi connectivity index (χ0) is 12.4. The van der Waals surface area contributed by atoms with Crippen LogP contribution in [0.4, 0.5) is 0 Å². The number of aliphatic hydroxyl groups excluding tert-OH is 1. The lowest BCUT2D eigenvalue weighted by atomic mass is 10.1. The van der Waals surface area contributed by atoms with Gasteiger partial charge in [-0.3, -0.25) is 4.90 Å². The van der Waals surface area contributed by atoms with E-state index in [1.807, 2.05) is 7.05 Å². The quantitative estimate of drug-likeness (QED) is 0.582. The van der Waals surface area contributed by atoms with E-state index < -0.39 is 0 Å². The molecule has 0 aromatic heterocycles. The molecule has 0 amide bonds. The summed E-state index contributed by atoms with van der Waals surface area (Å²) in [5.41, 5.74) is 0. The van der Waals surface area contributed by atoms with E-state index in [4.69, 9.17) is 4.74 Å². The van der Waals surface area contributed by atoms with Crippen molar-refractivity contribution in [1.29, 1.82) is 0 Å². The molecule has 0 aliphatic carbocycles. The number of nitrogens with zero attached hydrogens (tertiary/aromatic N) is 1. The molecule has 1 atom stereocenters. The average Bonchev–Trinajstić information content (AvgIpc) is 2.27. The van der Waals surface area contributed by atoms with Crippen LogP contribution < -0.4 is 5.32 Å². The highest BCUT2D eigenvalue weighted by Gasteiger charge is 2.17. The van der Waals surface area contributed by atoms with E-state index in [1.165, 1.54) is 0 Å². The van der Waals surface area contributed by atoms with Crippen molar-refractivity contribution < 1.29 is 9.84 Å².